The molecule has 3 aromatic rings. The minimum atomic E-state index is -0.344. The molecule has 2 amide bonds. The Labute approximate surface area is 197 Å². The molecular weight excluding hydrogens is 449 g/mol. The summed E-state index contributed by atoms with van der Waals surface area (Å²) in [5, 5.41) is 7.43. The SMILES string of the molecule is Cc1ccc(CNC(=O)c2cc(CN(CC(C)C)C(=O)c3ccc(Cl)cc3Cl)on2)cc1. The first-order chi connectivity index (χ1) is 15.2. The number of aromatic nitrogens is 1. The molecule has 0 spiro atoms. The number of benzene rings is 2. The van der Waals surface area contributed by atoms with Gasteiger partial charge < -0.3 is 14.7 Å². The van der Waals surface area contributed by atoms with Gasteiger partial charge in [0.1, 0.15) is 0 Å². The molecule has 0 aliphatic heterocycles. The fourth-order valence-electron chi connectivity index (χ4n) is 3.15. The van der Waals surface area contributed by atoms with Crippen LogP contribution in [0.3, 0.4) is 0 Å². The average Bonchev–Trinajstić information content (AvgIpc) is 3.20. The van der Waals surface area contributed by atoms with Crippen LogP contribution >= 0.6 is 23.2 Å². The van der Waals surface area contributed by atoms with E-state index >= 15 is 0 Å². The largest absolute Gasteiger partial charge is 0.359 e. The zero-order valence-corrected chi connectivity index (χ0v) is 19.7. The Morgan fingerprint density at radius 3 is 2.47 bits per heavy atom. The second kappa shape index (κ2) is 10.7. The summed E-state index contributed by atoms with van der Waals surface area (Å²) < 4.78 is 5.34. The fraction of sp³-hybridized carbons (Fsp3) is 0.292. The van der Waals surface area contributed by atoms with Crippen molar-refractivity contribution in [1.29, 1.82) is 0 Å². The van der Waals surface area contributed by atoms with Gasteiger partial charge in [-0.3, -0.25) is 9.59 Å². The number of amides is 2. The van der Waals surface area contributed by atoms with E-state index in [0.717, 1.165) is 11.1 Å². The van der Waals surface area contributed by atoms with Crippen LogP contribution in [0.1, 0.15) is 51.6 Å². The first-order valence-corrected chi connectivity index (χ1v) is 11.0. The molecular formula is C24H25Cl2N3O3. The molecule has 0 bridgehead atoms. The number of rotatable bonds is 8. The minimum Gasteiger partial charge on any atom is -0.359 e. The summed E-state index contributed by atoms with van der Waals surface area (Å²) in [6.45, 7) is 7.05. The van der Waals surface area contributed by atoms with Gasteiger partial charge in [0.25, 0.3) is 11.8 Å². The maximum absolute atomic E-state index is 13.1. The van der Waals surface area contributed by atoms with Crippen LogP contribution in [0.2, 0.25) is 10.0 Å². The van der Waals surface area contributed by atoms with E-state index in [9.17, 15) is 9.59 Å². The molecule has 0 saturated carbocycles. The topological polar surface area (TPSA) is 75.4 Å². The number of aryl methyl sites for hydroxylation is 1. The van der Waals surface area contributed by atoms with Crippen molar-refractivity contribution in [2.45, 2.75) is 33.9 Å². The van der Waals surface area contributed by atoms with Gasteiger partial charge in [-0.1, -0.05) is 72.0 Å². The van der Waals surface area contributed by atoms with Crippen molar-refractivity contribution in [2.24, 2.45) is 5.92 Å². The van der Waals surface area contributed by atoms with Crippen LogP contribution < -0.4 is 5.32 Å². The van der Waals surface area contributed by atoms with E-state index in [1.807, 2.05) is 45.0 Å². The second-order valence-electron chi connectivity index (χ2n) is 8.05. The molecule has 0 aliphatic carbocycles. The smallest absolute Gasteiger partial charge is 0.273 e. The molecule has 1 aromatic heterocycles. The number of hydrogen-bond acceptors (Lipinski definition) is 4. The summed E-state index contributed by atoms with van der Waals surface area (Å²) in [6.07, 6.45) is 0. The van der Waals surface area contributed by atoms with E-state index in [-0.39, 0.29) is 35.0 Å². The highest BCUT2D eigenvalue weighted by Gasteiger charge is 2.22. The molecule has 8 heteroatoms. The second-order valence-corrected chi connectivity index (χ2v) is 8.89. The van der Waals surface area contributed by atoms with Crippen LogP contribution in [-0.2, 0) is 13.1 Å². The van der Waals surface area contributed by atoms with Crippen molar-refractivity contribution in [1.82, 2.24) is 15.4 Å². The van der Waals surface area contributed by atoms with Crippen molar-refractivity contribution < 1.29 is 14.1 Å². The van der Waals surface area contributed by atoms with Crippen LogP contribution in [0, 0.1) is 12.8 Å². The lowest BCUT2D eigenvalue weighted by atomic mass is 10.1. The molecule has 168 valence electrons. The minimum absolute atomic E-state index is 0.161. The van der Waals surface area contributed by atoms with Crippen LogP contribution in [-0.4, -0.2) is 28.4 Å². The van der Waals surface area contributed by atoms with Gasteiger partial charge >= 0.3 is 0 Å². The van der Waals surface area contributed by atoms with E-state index in [1.165, 1.54) is 6.07 Å². The Balaban J connectivity index is 1.68. The van der Waals surface area contributed by atoms with Crippen LogP contribution in [0.25, 0.3) is 0 Å². The quantitative estimate of drug-likeness (QED) is 0.467. The third-order valence-electron chi connectivity index (χ3n) is 4.75. The lowest BCUT2D eigenvalue weighted by molar-refractivity contribution is 0.0705. The van der Waals surface area contributed by atoms with E-state index < -0.39 is 0 Å². The maximum atomic E-state index is 13.1. The van der Waals surface area contributed by atoms with E-state index in [2.05, 4.69) is 10.5 Å². The average molecular weight is 474 g/mol. The Morgan fingerprint density at radius 2 is 1.81 bits per heavy atom. The molecule has 1 N–H and O–H groups in total. The highest BCUT2D eigenvalue weighted by atomic mass is 35.5. The van der Waals surface area contributed by atoms with Crippen molar-refractivity contribution in [3.05, 3.63) is 86.7 Å². The predicted molar refractivity (Wildman–Crippen MR) is 125 cm³/mol. The first kappa shape index (κ1) is 23.8. The molecule has 0 radical (unpaired) electrons. The maximum Gasteiger partial charge on any atom is 0.273 e. The van der Waals surface area contributed by atoms with Gasteiger partial charge in [0.2, 0.25) is 0 Å². The normalized spacial score (nSPS) is 10.9. The number of nitrogens with zero attached hydrogens (tertiary/aromatic N) is 2. The van der Waals surface area contributed by atoms with Crippen LogP contribution in [0.15, 0.2) is 53.1 Å². The Hall–Kier alpha value is -2.83. The number of carbonyl (C=O) groups is 2. The molecule has 1 heterocycles. The number of hydrogen-bond donors (Lipinski definition) is 1. The zero-order chi connectivity index (χ0) is 23.3. The van der Waals surface area contributed by atoms with Crippen LogP contribution in [0.4, 0.5) is 0 Å². The first-order valence-electron chi connectivity index (χ1n) is 10.3. The highest BCUT2D eigenvalue weighted by Crippen LogP contribution is 2.23. The van der Waals surface area contributed by atoms with Crippen molar-refractivity contribution in [3.63, 3.8) is 0 Å². The van der Waals surface area contributed by atoms with Gasteiger partial charge in [-0.05, 0) is 36.6 Å². The number of halogens is 2. The predicted octanol–water partition coefficient (Wildman–Crippen LogP) is 5.52. The summed E-state index contributed by atoms with van der Waals surface area (Å²) in [4.78, 5) is 27.2. The van der Waals surface area contributed by atoms with Gasteiger partial charge in [0.15, 0.2) is 11.5 Å². The lowest BCUT2D eigenvalue weighted by Gasteiger charge is -2.24. The summed E-state index contributed by atoms with van der Waals surface area (Å²) >= 11 is 12.2. The van der Waals surface area contributed by atoms with Gasteiger partial charge in [-0.25, -0.2) is 0 Å². The Kier molecular flexibility index (Phi) is 7.94. The van der Waals surface area contributed by atoms with Crippen LogP contribution in [0.5, 0.6) is 0 Å². The van der Waals surface area contributed by atoms with Gasteiger partial charge in [0.05, 0.1) is 17.1 Å². The Bertz CT molecular complexity index is 1090. The molecule has 0 fully saturated rings. The van der Waals surface area contributed by atoms with E-state index in [4.69, 9.17) is 27.7 Å². The summed E-state index contributed by atoms with van der Waals surface area (Å²) in [7, 11) is 0. The number of nitrogens with one attached hydrogen (secondary N) is 1. The van der Waals surface area contributed by atoms with Gasteiger partial charge in [0, 0.05) is 24.2 Å². The molecule has 32 heavy (non-hydrogen) atoms. The molecule has 2 aromatic carbocycles. The lowest BCUT2D eigenvalue weighted by Crippen LogP contribution is -2.33. The fourth-order valence-corrected chi connectivity index (χ4v) is 3.64. The van der Waals surface area contributed by atoms with Crippen molar-refractivity contribution >= 4 is 35.0 Å². The Morgan fingerprint density at radius 1 is 1.09 bits per heavy atom. The van der Waals surface area contributed by atoms with E-state index in [0.29, 0.717) is 29.4 Å². The molecule has 0 atom stereocenters. The molecule has 0 saturated heterocycles. The molecule has 0 aliphatic rings. The van der Waals surface area contributed by atoms with Gasteiger partial charge in [-0.15, -0.1) is 0 Å². The summed E-state index contributed by atoms with van der Waals surface area (Å²) in [5.74, 6) is 0.0278. The van der Waals surface area contributed by atoms with Crippen molar-refractivity contribution in [3.8, 4) is 0 Å². The molecule has 0 unspecified atom stereocenters. The van der Waals surface area contributed by atoms with E-state index in [1.54, 1.807) is 23.1 Å². The summed E-state index contributed by atoms with van der Waals surface area (Å²) in [6, 6.07) is 14.2. The monoisotopic (exact) mass is 473 g/mol. The highest BCUT2D eigenvalue weighted by molar-refractivity contribution is 6.36. The summed E-state index contributed by atoms with van der Waals surface area (Å²) in [5.41, 5.74) is 2.66. The third-order valence-corrected chi connectivity index (χ3v) is 5.29. The standard InChI is InChI=1S/C24H25Cl2N3O3/c1-15(2)13-29(24(31)20-9-8-18(25)10-21(20)26)14-19-11-22(28-32-19)23(30)27-12-17-6-4-16(3)5-7-17/h4-11,15H,12-14H2,1-3H3,(H,27,30). The third kappa shape index (κ3) is 6.34. The number of carbonyl (C=O) groups excluding carboxylic acids is 2. The zero-order valence-electron chi connectivity index (χ0n) is 18.2. The van der Waals surface area contributed by atoms with Gasteiger partial charge in [-0.2, -0.15) is 0 Å². The molecule has 3 rings (SSSR count). The van der Waals surface area contributed by atoms with Crippen molar-refractivity contribution in [2.75, 3.05) is 6.54 Å². The molecule has 6 nitrogen and oxygen atoms in total.